The predicted octanol–water partition coefficient (Wildman–Crippen LogP) is 4.54. The van der Waals surface area contributed by atoms with Gasteiger partial charge in [0.05, 0.1) is 18.2 Å². The smallest absolute Gasteiger partial charge is 0.306 e. The highest BCUT2D eigenvalue weighted by molar-refractivity contribution is 5.97. The Morgan fingerprint density at radius 2 is 1.76 bits per heavy atom. The van der Waals surface area contributed by atoms with Crippen LogP contribution in [-0.4, -0.2) is 23.3 Å². The summed E-state index contributed by atoms with van der Waals surface area (Å²) in [6.07, 6.45) is 2.07. The molecule has 0 aliphatic rings. The van der Waals surface area contributed by atoms with Gasteiger partial charge in [-0.1, -0.05) is 37.3 Å². The number of ether oxygens (including phenoxy) is 1. The maximum absolute atomic E-state index is 13.8. The largest absolute Gasteiger partial charge is 0.457 e. The number of benzene rings is 2. The van der Waals surface area contributed by atoms with Crippen molar-refractivity contribution in [2.75, 3.05) is 6.61 Å². The minimum atomic E-state index is -0.766. The topological polar surface area (TPSA) is 69.4 Å². The molecule has 0 fully saturated rings. The van der Waals surface area contributed by atoms with Crippen LogP contribution < -0.4 is 0 Å². The van der Waals surface area contributed by atoms with Gasteiger partial charge >= 0.3 is 5.97 Å². The molecule has 0 unspecified atom stereocenters. The summed E-state index contributed by atoms with van der Waals surface area (Å²) in [5, 5.41) is 0. The third-order valence-electron chi connectivity index (χ3n) is 4.35. The number of aryl methyl sites for hydroxylation is 2. The van der Waals surface area contributed by atoms with Crippen molar-refractivity contribution < 1.29 is 27.5 Å². The number of carbonyl (C=O) groups is 2. The molecule has 0 bridgehead atoms. The summed E-state index contributed by atoms with van der Waals surface area (Å²) in [5.41, 5.74) is 1.27. The van der Waals surface area contributed by atoms with Gasteiger partial charge in [0.15, 0.2) is 24.0 Å². The first-order chi connectivity index (χ1) is 14.0. The maximum atomic E-state index is 13.8. The number of esters is 1. The number of halogens is 2. The minimum absolute atomic E-state index is 0.0605. The van der Waals surface area contributed by atoms with Gasteiger partial charge in [-0.2, -0.15) is 0 Å². The van der Waals surface area contributed by atoms with E-state index in [1.165, 1.54) is 12.3 Å². The number of Topliss-reactive ketones (excluding diaryl/α,β-unsaturated/α-hetero) is 1. The van der Waals surface area contributed by atoms with E-state index >= 15 is 0 Å². The summed E-state index contributed by atoms with van der Waals surface area (Å²) in [6.45, 7) is 1.66. The van der Waals surface area contributed by atoms with Crippen molar-refractivity contribution in [1.29, 1.82) is 0 Å². The fraction of sp³-hybridized carbons (Fsp3) is 0.227. The minimum Gasteiger partial charge on any atom is -0.457 e. The number of rotatable bonds is 8. The van der Waals surface area contributed by atoms with Crippen LogP contribution in [0.25, 0.3) is 11.3 Å². The van der Waals surface area contributed by atoms with Crippen LogP contribution in [0.3, 0.4) is 0 Å². The highest BCUT2D eigenvalue weighted by Gasteiger charge is 2.17. The molecule has 0 radical (unpaired) electrons. The second kappa shape index (κ2) is 9.23. The predicted molar refractivity (Wildman–Crippen MR) is 101 cm³/mol. The van der Waals surface area contributed by atoms with E-state index in [2.05, 4.69) is 4.98 Å². The number of nitrogens with zero attached hydrogens (tertiary/aromatic N) is 1. The Morgan fingerprint density at radius 1 is 1.07 bits per heavy atom. The third kappa shape index (κ3) is 5.13. The lowest BCUT2D eigenvalue weighted by Crippen LogP contribution is -2.14. The van der Waals surface area contributed by atoms with Crippen LogP contribution in [-0.2, 0) is 22.4 Å². The number of hydrogen-bond acceptors (Lipinski definition) is 5. The SMILES string of the molecule is CCc1ccc(C(=O)COC(=O)CCc2ncc(-c3c(F)cccc3F)o2)cc1. The van der Waals surface area contributed by atoms with Gasteiger partial charge in [-0.15, -0.1) is 0 Å². The maximum Gasteiger partial charge on any atom is 0.306 e. The second-order valence-corrected chi connectivity index (χ2v) is 6.35. The van der Waals surface area contributed by atoms with E-state index in [1.54, 1.807) is 12.1 Å². The molecule has 7 heteroatoms. The summed E-state index contributed by atoms with van der Waals surface area (Å²) in [5.74, 6) is -2.35. The number of hydrogen-bond donors (Lipinski definition) is 0. The lowest BCUT2D eigenvalue weighted by atomic mass is 10.1. The number of carbonyl (C=O) groups excluding carboxylic acids is 2. The summed E-state index contributed by atoms with van der Waals surface area (Å²) in [6, 6.07) is 10.6. The van der Waals surface area contributed by atoms with Crippen molar-refractivity contribution in [2.45, 2.75) is 26.2 Å². The first-order valence-electron chi connectivity index (χ1n) is 9.14. The molecule has 29 heavy (non-hydrogen) atoms. The van der Waals surface area contributed by atoms with Gasteiger partial charge in [-0.3, -0.25) is 9.59 Å². The number of ketones is 1. The molecule has 0 aliphatic carbocycles. The molecular weight excluding hydrogens is 380 g/mol. The quantitative estimate of drug-likeness (QED) is 0.411. The normalized spacial score (nSPS) is 10.7. The zero-order chi connectivity index (χ0) is 20.8. The fourth-order valence-corrected chi connectivity index (χ4v) is 2.71. The number of oxazole rings is 1. The summed E-state index contributed by atoms with van der Waals surface area (Å²) in [4.78, 5) is 27.9. The van der Waals surface area contributed by atoms with Crippen LogP contribution in [0.5, 0.6) is 0 Å². The molecule has 0 atom stereocenters. The molecule has 1 heterocycles. The summed E-state index contributed by atoms with van der Waals surface area (Å²) < 4.78 is 37.9. The Hall–Kier alpha value is -3.35. The second-order valence-electron chi connectivity index (χ2n) is 6.35. The fourth-order valence-electron chi connectivity index (χ4n) is 2.71. The molecular formula is C22H19F2NO4. The van der Waals surface area contributed by atoms with Crippen molar-refractivity contribution in [3.8, 4) is 11.3 Å². The van der Waals surface area contributed by atoms with Gasteiger partial charge < -0.3 is 9.15 Å². The van der Waals surface area contributed by atoms with Crippen molar-refractivity contribution in [1.82, 2.24) is 4.98 Å². The van der Waals surface area contributed by atoms with Crippen LogP contribution in [0.4, 0.5) is 8.78 Å². The highest BCUT2D eigenvalue weighted by atomic mass is 19.1. The van der Waals surface area contributed by atoms with Crippen molar-refractivity contribution in [3.05, 3.63) is 77.3 Å². The molecule has 0 spiro atoms. The Labute approximate surface area is 166 Å². The molecule has 3 rings (SSSR count). The Bertz CT molecular complexity index is 992. The Balaban J connectivity index is 1.51. The van der Waals surface area contributed by atoms with Crippen molar-refractivity contribution in [2.24, 2.45) is 0 Å². The van der Waals surface area contributed by atoms with Crippen molar-refractivity contribution in [3.63, 3.8) is 0 Å². The molecule has 3 aromatic rings. The van der Waals surface area contributed by atoms with E-state index in [4.69, 9.17) is 9.15 Å². The van der Waals surface area contributed by atoms with Crippen molar-refractivity contribution >= 4 is 11.8 Å². The van der Waals surface area contributed by atoms with E-state index in [9.17, 15) is 18.4 Å². The van der Waals surface area contributed by atoms with Gasteiger partial charge in [0.1, 0.15) is 11.6 Å². The van der Waals surface area contributed by atoms with E-state index in [1.807, 2.05) is 19.1 Å². The van der Waals surface area contributed by atoms with E-state index in [-0.39, 0.29) is 42.4 Å². The van der Waals surface area contributed by atoms with E-state index < -0.39 is 17.6 Å². The first kappa shape index (κ1) is 20.4. The van der Waals surface area contributed by atoms with Gasteiger partial charge in [-0.25, -0.2) is 13.8 Å². The lowest BCUT2D eigenvalue weighted by molar-refractivity contribution is -0.142. The third-order valence-corrected chi connectivity index (χ3v) is 4.35. The molecule has 0 aliphatic heterocycles. The molecule has 150 valence electrons. The average Bonchev–Trinajstić information content (AvgIpc) is 3.19. The van der Waals surface area contributed by atoms with Crippen LogP contribution in [0.1, 0.15) is 35.2 Å². The van der Waals surface area contributed by atoms with Crippen LogP contribution in [0.15, 0.2) is 53.1 Å². The summed E-state index contributed by atoms with van der Waals surface area (Å²) >= 11 is 0. The summed E-state index contributed by atoms with van der Waals surface area (Å²) in [7, 11) is 0. The van der Waals surface area contributed by atoms with Crippen LogP contribution in [0, 0.1) is 11.6 Å². The van der Waals surface area contributed by atoms with Gasteiger partial charge in [0.25, 0.3) is 0 Å². The number of aromatic nitrogens is 1. The van der Waals surface area contributed by atoms with Gasteiger partial charge in [-0.05, 0) is 24.1 Å². The Kier molecular flexibility index (Phi) is 6.49. The monoisotopic (exact) mass is 399 g/mol. The average molecular weight is 399 g/mol. The molecule has 2 aromatic carbocycles. The van der Waals surface area contributed by atoms with Crippen LogP contribution in [0.2, 0.25) is 0 Å². The molecule has 0 amide bonds. The molecule has 1 aromatic heterocycles. The zero-order valence-corrected chi connectivity index (χ0v) is 15.8. The Morgan fingerprint density at radius 3 is 2.41 bits per heavy atom. The van der Waals surface area contributed by atoms with Crippen LogP contribution >= 0.6 is 0 Å². The van der Waals surface area contributed by atoms with E-state index in [0.29, 0.717) is 5.56 Å². The lowest BCUT2D eigenvalue weighted by Gasteiger charge is -2.04. The standard InChI is InChI=1S/C22H19F2NO4/c1-2-14-6-8-15(9-7-14)18(26)13-28-21(27)11-10-20-25-12-19(29-20)22-16(23)4-3-5-17(22)24/h3-9,12H,2,10-11,13H2,1H3. The molecule has 0 saturated heterocycles. The van der Waals surface area contributed by atoms with Gasteiger partial charge in [0, 0.05) is 12.0 Å². The molecule has 0 N–H and O–H groups in total. The van der Waals surface area contributed by atoms with E-state index in [0.717, 1.165) is 24.1 Å². The van der Waals surface area contributed by atoms with Gasteiger partial charge in [0.2, 0.25) is 0 Å². The zero-order valence-electron chi connectivity index (χ0n) is 15.8. The highest BCUT2D eigenvalue weighted by Crippen LogP contribution is 2.26. The molecule has 0 saturated carbocycles. The molecule has 5 nitrogen and oxygen atoms in total. The first-order valence-corrected chi connectivity index (χ1v) is 9.14.